The minimum Gasteiger partial charge on any atom is -0.408 e. The predicted molar refractivity (Wildman–Crippen MR) is 83.8 cm³/mol. The molecule has 1 aromatic carbocycles. The van der Waals surface area contributed by atoms with Crippen LogP contribution in [0.4, 0.5) is 0 Å². The molecule has 3 aromatic heterocycles. The maximum absolute atomic E-state index is 11.4. The highest BCUT2D eigenvalue weighted by atomic mass is 32.1. The minimum atomic E-state index is -0.480. The van der Waals surface area contributed by atoms with Gasteiger partial charge in [-0.2, -0.15) is 0 Å². The number of H-pyrrole nitrogens is 1. The van der Waals surface area contributed by atoms with Crippen LogP contribution in [0.25, 0.3) is 27.3 Å². The van der Waals surface area contributed by atoms with E-state index >= 15 is 0 Å². The number of carbonyl (C=O) groups is 1. The van der Waals surface area contributed by atoms with Gasteiger partial charge in [-0.3, -0.25) is 14.2 Å². The number of aromatic amines is 1. The number of aryl methyl sites for hydroxylation is 2. The van der Waals surface area contributed by atoms with E-state index in [2.05, 4.69) is 9.97 Å². The highest BCUT2D eigenvalue weighted by Gasteiger charge is 2.18. The van der Waals surface area contributed by atoms with Crippen LogP contribution < -0.4 is 5.76 Å². The number of benzene rings is 1. The fraction of sp³-hybridized carbons (Fsp3) is 0.133. The lowest BCUT2D eigenvalue weighted by atomic mass is 10.1. The van der Waals surface area contributed by atoms with Gasteiger partial charge in [-0.1, -0.05) is 6.07 Å². The number of hydrogen-bond acceptors (Lipinski definition) is 5. The summed E-state index contributed by atoms with van der Waals surface area (Å²) in [4.78, 5) is 31.5. The third-order valence-corrected chi connectivity index (χ3v) is 4.63. The molecule has 0 radical (unpaired) electrons. The lowest BCUT2D eigenvalue weighted by Crippen LogP contribution is -1.94. The SMILES string of the molecule is Cc1nc2sc(C)c(-c3ccc4[nH]c(=O)oc4c3)n2c1C=O. The van der Waals surface area contributed by atoms with E-state index in [-0.39, 0.29) is 0 Å². The fourth-order valence-electron chi connectivity index (χ4n) is 2.71. The van der Waals surface area contributed by atoms with E-state index in [9.17, 15) is 9.59 Å². The van der Waals surface area contributed by atoms with Crippen molar-refractivity contribution in [3.8, 4) is 11.3 Å². The van der Waals surface area contributed by atoms with E-state index in [1.807, 2.05) is 24.3 Å². The number of nitrogens with one attached hydrogen (secondary N) is 1. The second kappa shape index (κ2) is 4.41. The molecule has 1 N–H and O–H groups in total. The lowest BCUT2D eigenvalue weighted by molar-refractivity contribution is 0.111. The Morgan fingerprint density at radius 3 is 2.95 bits per heavy atom. The van der Waals surface area contributed by atoms with Crippen LogP contribution in [0.3, 0.4) is 0 Å². The highest BCUT2D eigenvalue weighted by Crippen LogP contribution is 2.33. The molecule has 0 atom stereocenters. The van der Waals surface area contributed by atoms with Gasteiger partial charge < -0.3 is 4.42 Å². The zero-order valence-electron chi connectivity index (χ0n) is 11.8. The molecule has 0 aliphatic heterocycles. The first kappa shape index (κ1) is 13.0. The Labute approximate surface area is 128 Å². The van der Waals surface area contributed by atoms with Crippen molar-refractivity contribution in [1.29, 1.82) is 0 Å². The molecule has 0 saturated heterocycles. The van der Waals surface area contributed by atoms with Gasteiger partial charge in [0.2, 0.25) is 0 Å². The van der Waals surface area contributed by atoms with Crippen LogP contribution in [0.2, 0.25) is 0 Å². The van der Waals surface area contributed by atoms with Crippen molar-refractivity contribution >= 4 is 33.7 Å². The number of rotatable bonds is 2. The van der Waals surface area contributed by atoms with Crippen LogP contribution >= 0.6 is 11.3 Å². The molecule has 4 rings (SSSR count). The summed E-state index contributed by atoms with van der Waals surface area (Å²) in [6.45, 7) is 3.80. The molecule has 0 bridgehead atoms. The second-order valence-electron chi connectivity index (χ2n) is 5.05. The van der Waals surface area contributed by atoms with Crippen molar-refractivity contribution in [2.75, 3.05) is 0 Å². The zero-order chi connectivity index (χ0) is 15.4. The number of fused-ring (bicyclic) bond motifs is 2. The van der Waals surface area contributed by atoms with Gasteiger partial charge in [0.1, 0.15) is 5.69 Å². The monoisotopic (exact) mass is 313 g/mol. The van der Waals surface area contributed by atoms with Crippen LogP contribution in [0.15, 0.2) is 27.4 Å². The molecular weight excluding hydrogens is 302 g/mol. The second-order valence-corrected chi connectivity index (χ2v) is 6.23. The summed E-state index contributed by atoms with van der Waals surface area (Å²) in [7, 11) is 0. The van der Waals surface area contributed by atoms with Crippen molar-refractivity contribution in [1.82, 2.24) is 14.4 Å². The molecule has 0 aliphatic carbocycles. The van der Waals surface area contributed by atoms with Crippen LogP contribution in [-0.4, -0.2) is 20.7 Å². The Morgan fingerprint density at radius 2 is 2.18 bits per heavy atom. The van der Waals surface area contributed by atoms with Gasteiger partial charge in [-0.05, 0) is 26.0 Å². The summed E-state index contributed by atoms with van der Waals surface area (Å²) in [5, 5.41) is 0. The van der Waals surface area contributed by atoms with Crippen LogP contribution in [0, 0.1) is 13.8 Å². The van der Waals surface area contributed by atoms with E-state index in [1.165, 1.54) is 11.3 Å². The highest BCUT2D eigenvalue weighted by molar-refractivity contribution is 7.17. The van der Waals surface area contributed by atoms with Gasteiger partial charge in [0.25, 0.3) is 0 Å². The molecular formula is C15H11N3O3S. The smallest absolute Gasteiger partial charge is 0.408 e. The first-order valence-electron chi connectivity index (χ1n) is 6.65. The first-order chi connectivity index (χ1) is 10.6. The number of oxazole rings is 1. The maximum atomic E-state index is 11.4. The third-order valence-electron chi connectivity index (χ3n) is 3.67. The molecule has 0 fully saturated rings. The van der Waals surface area contributed by atoms with Crippen LogP contribution in [-0.2, 0) is 0 Å². The molecule has 0 saturated carbocycles. The summed E-state index contributed by atoms with van der Waals surface area (Å²) in [5.41, 5.74) is 4.16. The van der Waals surface area contributed by atoms with E-state index in [4.69, 9.17) is 4.42 Å². The molecule has 0 aliphatic rings. The van der Waals surface area contributed by atoms with E-state index in [0.29, 0.717) is 22.5 Å². The fourth-order valence-corrected chi connectivity index (χ4v) is 3.75. The van der Waals surface area contributed by atoms with E-state index < -0.39 is 5.76 Å². The largest absolute Gasteiger partial charge is 0.417 e. The Kier molecular flexibility index (Phi) is 2.61. The summed E-state index contributed by atoms with van der Waals surface area (Å²) in [5.74, 6) is -0.480. The van der Waals surface area contributed by atoms with Gasteiger partial charge in [0.15, 0.2) is 16.8 Å². The molecule has 3 heterocycles. The molecule has 4 aromatic rings. The van der Waals surface area contributed by atoms with Gasteiger partial charge in [0.05, 0.1) is 16.9 Å². The number of aldehydes is 1. The maximum Gasteiger partial charge on any atom is 0.417 e. The molecule has 7 heteroatoms. The predicted octanol–water partition coefficient (Wildman–Crippen LogP) is 2.93. The van der Waals surface area contributed by atoms with Crippen molar-refractivity contribution in [2.45, 2.75) is 13.8 Å². The average molecular weight is 313 g/mol. The van der Waals surface area contributed by atoms with Crippen molar-refractivity contribution in [3.63, 3.8) is 0 Å². The molecule has 22 heavy (non-hydrogen) atoms. The molecule has 0 spiro atoms. The number of nitrogens with zero attached hydrogens (tertiary/aromatic N) is 2. The van der Waals surface area contributed by atoms with Crippen molar-refractivity contribution in [2.24, 2.45) is 0 Å². The third kappa shape index (κ3) is 1.69. The van der Waals surface area contributed by atoms with Crippen molar-refractivity contribution in [3.05, 3.63) is 45.0 Å². The van der Waals surface area contributed by atoms with Crippen molar-refractivity contribution < 1.29 is 9.21 Å². The Morgan fingerprint density at radius 1 is 1.36 bits per heavy atom. The van der Waals surface area contributed by atoms with E-state index in [1.54, 1.807) is 12.1 Å². The van der Waals surface area contributed by atoms with Crippen LogP contribution in [0.1, 0.15) is 21.1 Å². The summed E-state index contributed by atoms with van der Waals surface area (Å²) >= 11 is 1.53. The quantitative estimate of drug-likeness (QED) is 0.577. The minimum absolute atomic E-state index is 0.480. The van der Waals surface area contributed by atoms with Crippen LogP contribution in [0.5, 0.6) is 0 Å². The normalized spacial score (nSPS) is 11.5. The molecule has 0 unspecified atom stereocenters. The lowest BCUT2D eigenvalue weighted by Gasteiger charge is -2.03. The number of thiazole rings is 1. The van der Waals surface area contributed by atoms with Gasteiger partial charge in [0, 0.05) is 10.4 Å². The standard InChI is InChI=1S/C15H11N3O3S/c1-7-11(6-19)18-13(8(2)22-14(18)16-7)9-3-4-10-12(5-9)21-15(20)17-10/h3-6H,1-2H3,(H,17,20). The number of hydrogen-bond donors (Lipinski definition) is 1. The Balaban J connectivity index is 2.08. The Bertz CT molecular complexity index is 1100. The molecule has 110 valence electrons. The van der Waals surface area contributed by atoms with E-state index in [0.717, 1.165) is 27.4 Å². The number of carbonyl (C=O) groups excluding carboxylic acids is 1. The summed E-state index contributed by atoms with van der Waals surface area (Å²) in [6, 6.07) is 5.49. The summed E-state index contributed by atoms with van der Waals surface area (Å²) in [6.07, 6.45) is 0.819. The Hall–Kier alpha value is -2.67. The number of imidazole rings is 1. The zero-order valence-corrected chi connectivity index (χ0v) is 12.7. The van der Waals surface area contributed by atoms with Gasteiger partial charge in [-0.15, -0.1) is 11.3 Å². The number of aromatic nitrogens is 3. The van der Waals surface area contributed by atoms with Gasteiger partial charge in [-0.25, -0.2) is 9.78 Å². The topological polar surface area (TPSA) is 80.4 Å². The average Bonchev–Trinajstić information content (AvgIpc) is 3.07. The molecule has 0 amide bonds. The summed E-state index contributed by atoms with van der Waals surface area (Å²) < 4.78 is 6.97. The first-order valence-corrected chi connectivity index (χ1v) is 7.47. The molecule has 6 nitrogen and oxygen atoms in total. The van der Waals surface area contributed by atoms with Gasteiger partial charge >= 0.3 is 5.76 Å².